The molecule has 1 aliphatic carbocycles. The maximum absolute atomic E-state index is 12.9. The Labute approximate surface area is 169 Å². The van der Waals surface area contributed by atoms with Crippen LogP contribution in [0.15, 0.2) is 24.3 Å². The fourth-order valence-electron chi connectivity index (χ4n) is 4.60. The van der Waals surface area contributed by atoms with Crippen LogP contribution in [0.3, 0.4) is 0 Å². The van der Waals surface area contributed by atoms with Crippen LogP contribution in [0.5, 0.6) is 0 Å². The van der Waals surface area contributed by atoms with E-state index < -0.39 is 0 Å². The molecular formula is C23H35N3O2. The van der Waals surface area contributed by atoms with Crippen molar-refractivity contribution in [3.8, 4) is 0 Å². The van der Waals surface area contributed by atoms with E-state index in [9.17, 15) is 9.59 Å². The highest BCUT2D eigenvalue weighted by Crippen LogP contribution is 2.31. The summed E-state index contributed by atoms with van der Waals surface area (Å²) in [5.74, 6) is 0.675. The lowest BCUT2D eigenvalue weighted by Crippen LogP contribution is -2.57. The molecule has 0 aromatic heterocycles. The van der Waals surface area contributed by atoms with Gasteiger partial charge in [-0.2, -0.15) is 0 Å². The fourth-order valence-corrected chi connectivity index (χ4v) is 4.60. The third kappa shape index (κ3) is 4.57. The van der Waals surface area contributed by atoms with E-state index in [-0.39, 0.29) is 23.3 Å². The summed E-state index contributed by atoms with van der Waals surface area (Å²) in [6.45, 7) is 9.42. The lowest BCUT2D eigenvalue weighted by Gasteiger charge is -2.40. The number of piperazine rings is 1. The first-order valence-electron chi connectivity index (χ1n) is 10.7. The smallest absolute Gasteiger partial charge is 0.253 e. The Kier molecular flexibility index (Phi) is 6.43. The van der Waals surface area contributed by atoms with E-state index in [0.29, 0.717) is 19.0 Å². The van der Waals surface area contributed by atoms with Crippen LogP contribution < -0.4 is 5.32 Å². The van der Waals surface area contributed by atoms with Crippen molar-refractivity contribution < 1.29 is 9.59 Å². The third-order valence-electron chi connectivity index (χ3n) is 6.35. The highest BCUT2D eigenvalue weighted by molar-refractivity contribution is 5.94. The van der Waals surface area contributed by atoms with Gasteiger partial charge in [0.05, 0.1) is 6.04 Å². The largest absolute Gasteiger partial charge is 0.358 e. The minimum Gasteiger partial charge on any atom is -0.358 e. The average Bonchev–Trinajstić information content (AvgIpc) is 3.21. The maximum atomic E-state index is 12.9. The van der Waals surface area contributed by atoms with Gasteiger partial charge in [-0.05, 0) is 41.9 Å². The Balaban J connectivity index is 1.62. The number of likely N-dealkylation sites (N-methyl/N-ethyl adjacent to an activating group) is 1. The molecule has 1 saturated carbocycles. The van der Waals surface area contributed by atoms with E-state index in [1.165, 1.54) is 18.4 Å². The van der Waals surface area contributed by atoms with E-state index in [1.807, 2.05) is 17.0 Å². The zero-order chi connectivity index (χ0) is 20.3. The number of carbonyl (C=O) groups excluding carboxylic acids is 2. The predicted molar refractivity (Wildman–Crippen MR) is 112 cm³/mol. The van der Waals surface area contributed by atoms with Gasteiger partial charge in [0.1, 0.15) is 0 Å². The fraction of sp³-hybridized carbons (Fsp3) is 0.652. The minimum absolute atomic E-state index is 0.0455. The van der Waals surface area contributed by atoms with Gasteiger partial charge in [0.15, 0.2) is 0 Å². The molecule has 5 nitrogen and oxygen atoms in total. The second-order valence-electron chi connectivity index (χ2n) is 9.26. The van der Waals surface area contributed by atoms with E-state index in [0.717, 1.165) is 31.5 Å². The maximum Gasteiger partial charge on any atom is 0.253 e. The molecule has 0 radical (unpaired) electrons. The molecule has 1 aliphatic heterocycles. The Bertz CT molecular complexity index is 679. The molecule has 1 saturated heterocycles. The summed E-state index contributed by atoms with van der Waals surface area (Å²) in [7, 11) is 1.73. The van der Waals surface area contributed by atoms with Crippen LogP contribution in [-0.4, -0.2) is 60.9 Å². The van der Waals surface area contributed by atoms with Gasteiger partial charge in [-0.25, -0.2) is 0 Å². The van der Waals surface area contributed by atoms with Crippen molar-refractivity contribution in [1.29, 1.82) is 0 Å². The number of rotatable bonds is 4. The van der Waals surface area contributed by atoms with Crippen molar-refractivity contribution in [2.24, 2.45) is 5.92 Å². The van der Waals surface area contributed by atoms with Gasteiger partial charge in [-0.15, -0.1) is 0 Å². The summed E-state index contributed by atoms with van der Waals surface area (Å²) in [5.41, 5.74) is 2.07. The van der Waals surface area contributed by atoms with E-state index in [2.05, 4.69) is 43.1 Å². The molecule has 1 heterocycles. The molecule has 1 N–H and O–H groups in total. The van der Waals surface area contributed by atoms with Gasteiger partial charge < -0.3 is 10.2 Å². The molecule has 1 atom stereocenters. The number of benzene rings is 1. The summed E-state index contributed by atoms with van der Waals surface area (Å²) >= 11 is 0. The molecule has 154 valence electrons. The monoisotopic (exact) mass is 385 g/mol. The number of nitrogens with one attached hydrogen (secondary N) is 1. The van der Waals surface area contributed by atoms with Crippen LogP contribution in [0.1, 0.15) is 62.4 Å². The van der Waals surface area contributed by atoms with E-state index in [4.69, 9.17) is 0 Å². The normalized spacial score (nSPS) is 20.2. The van der Waals surface area contributed by atoms with Crippen molar-refractivity contribution in [2.75, 3.05) is 33.2 Å². The zero-order valence-corrected chi connectivity index (χ0v) is 17.8. The minimum atomic E-state index is -0.0455. The topological polar surface area (TPSA) is 52.7 Å². The molecule has 28 heavy (non-hydrogen) atoms. The van der Waals surface area contributed by atoms with Crippen molar-refractivity contribution in [1.82, 2.24) is 15.1 Å². The highest BCUT2D eigenvalue weighted by Gasteiger charge is 2.36. The van der Waals surface area contributed by atoms with Gasteiger partial charge in [-0.3, -0.25) is 14.5 Å². The average molecular weight is 386 g/mol. The Morgan fingerprint density at radius 3 is 2.07 bits per heavy atom. The quantitative estimate of drug-likeness (QED) is 0.867. The summed E-state index contributed by atoms with van der Waals surface area (Å²) in [4.78, 5) is 29.6. The third-order valence-corrected chi connectivity index (χ3v) is 6.35. The zero-order valence-electron chi connectivity index (χ0n) is 17.8. The number of amides is 2. The Hall–Kier alpha value is -1.88. The van der Waals surface area contributed by atoms with Gasteiger partial charge in [0, 0.05) is 38.8 Å². The molecule has 2 amide bonds. The molecule has 5 heteroatoms. The first-order valence-corrected chi connectivity index (χ1v) is 10.7. The molecule has 1 aromatic carbocycles. The SMILES string of the molecule is CNC(=O)[C@H](C1CCCC1)N1CCN(C(=O)c2ccc(C(C)(C)C)cc2)CC1. The summed E-state index contributed by atoms with van der Waals surface area (Å²) < 4.78 is 0. The summed E-state index contributed by atoms with van der Waals surface area (Å²) in [6.07, 6.45) is 4.72. The number of nitrogens with zero attached hydrogens (tertiary/aromatic N) is 2. The first-order chi connectivity index (χ1) is 13.3. The predicted octanol–water partition coefficient (Wildman–Crippen LogP) is 3.05. The Morgan fingerprint density at radius 2 is 1.57 bits per heavy atom. The van der Waals surface area contributed by atoms with E-state index in [1.54, 1.807) is 7.05 Å². The highest BCUT2D eigenvalue weighted by atomic mass is 16.2. The molecule has 1 aromatic rings. The molecule has 2 fully saturated rings. The molecule has 0 bridgehead atoms. The molecule has 2 aliphatic rings. The van der Waals surface area contributed by atoms with Crippen LogP contribution in [0.4, 0.5) is 0 Å². The van der Waals surface area contributed by atoms with Crippen molar-refractivity contribution in [3.05, 3.63) is 35.4 Å². The number of carbonyl (C=O) groups is 2. The molecular weight excluding hydrogens is 350 g/mol. The van der Waals surface area contributed by atoms with Crippen LogP contribution in [0.25, 0.3) is 0 Å². The summed E-state index contributed by atoms with van der Waals surface area (Å²) in [5, 5.41) is 2.86. The van der Waals surface area contributed by atoms with Crippen molar-refractivity contribution in [3.63, 3.8) is 0 Å². The van der Waals surface area contributed by atoms with Crippen LogP contribution >= 0.6 is 0 Å². The molecule has 3 rings (SSSR count). The Morgan fingerprint density at radius 1 is 1.00 bits per heavy atom. The van der Waals surface area contributed by atoms with Gasteiger partial charge in [0.25, 0.3) is 5.91 Å². The van der Waals surface area contributed by atoms with Crippen LogP contribution in [0, 0.1) is 5.92 Å². The molecule has 0 spiro atoms. The van der Waals surface area contributed by atoms with Crippen LogP contribution in [-0.2, 0) is 10.2 Å². The summed E-state index contributed by atoms with van der Waals surface area (Å²) in [6, 6.07) is 7.97. The van der Waals surface area contributed by atoms with E-state index >= 15 is 0 Å². The first kappa shape index (κ1) is 20.8. The second kappa shape index (κ2) is 8.64. The number of hydrogen-bond donors (Lipinski definition) is 1. The van der Waals surface area contributed by atoms with Crippen molar-refractivity contribution >= 4 is 11.8 Å². The van der Waals surface area contributed by atoms with Crippen molar-refractivity contribution in [2.45, 2.75) is 57.9 Å². The lowest BCUT2D eigenvalue weighted by atomic mass is 9.86. The lowest BCUT2D eigenvalue weighted by molar-refractivity contribution is -0.128. The van der Waals surface area contributed by atoms with Gasteiger partial charge in [0.2, 0.25) is 5.91 Å². The number of hydrogen-bond acceptors (Lipinski definition) is 3. The standard InChI is InChI=1S/C23H35N3O2/c1-23(2,3)19-11-9-18(10-12-19)22(28)26-15-13-25(14-16-26)20(21(27)24-4)17-7-5-6-8-17/h9-12,17,20H,5-8,13-16H2,1-4H3,(H,24,27)/t20-/m0/s1. The van der Waals surface area contributed by atoms with Gasteiger partial charge in [-0.1, -0.05) is 45.7 Å². The second-order valence-corrected chi connectivity index (χ2v) is 9.26. The molecule has 0 unspecified atom stereocenters. The van der Waals surface area contributed by atoms with Gasteiger partial charge >= 0.3 is 0 Å². The van der Waals surface area contributed by atoms with Crippen LogP contribution in [0.2, 0.25) is 0 Å².